The molecule has 188 valence electrons. The van der Waals surface area contributed by atoms with Gasteiger partial charge >= 0.3 is 6.18 Å². The Morgan fingerprint density at radius 2 is 1.94 bits per heavy atom. The van der Waals surface area contributed by atoms with Crippen LogP contribution in [0.5, 0.6) is 0 Å². The van der Waals surface area contributed by atoms with Crippen molar-refractivity contribution >= 4 is 40.9 Å². The minimum atomic E-state index is -4.57. The number of hydrogen-bond acceptors (Lipinski definition) is 4. The van der Waals surface area contributed by atoms with Gasteiger partial charge in [0.25, 0.3) is 5.91 Å². The van der Waals surface area contributed by atoms with E-state index < -0.39 is 28.8 Å². The largest absolute Gasteiger partial charge is 0.416 e. The number of carbonyl (C=O) groups excluding carboxylic acids is 2. The van der Waals surface area contributed by atoms with Gasteiger partial charge in [-0.15, -0.1) is 6.58 Å². The number of rotatable bonds is 7. The topological polar surface area (TPSA) is 73.2 Å². The first-order valence-electron chi connectivity index (χ1n) is 11.0. The van der Waals surface area contributed by atoms with Gasteiger partial charge in [0.05, 0.1) is 10.8 Å². The van der Waals surface area contributed by atoms with Crippen LogP contribution in [0.1, 0.15) is 36.5 Å². The molecule has 1 saturated heterocycles. The molecule has 1 unspecified atom stereocenters. The maximum absolute atomic E-state index is 13.5. The van der Waals surface area contributed by atoms with Crippen molar-refractivity contribution < 1.29 is 22.8 Å². The van der Waals surface area contributed by atoms with Gasteiger partial charge in [-0.25, -0.2) is 0 Å². The third-order valence-electron chi connectivity index (χ3n) is 5.51. The van der Waals surface area contributed by atoms with E-state index in [-0.39, 0.29) is 40.1 Å². The van der Waals surface area contributed by atoms with Gasteiger partial charge in [0.1, 0.15) is 16.7 Å². The number of nitrogens with one attached hydrogen (secondary N) is 1. The number of halogens is 4. The van der Waals surface area contributed by atoms with Crippen molar-refractivity contribution in [1.29, 1.82) is 5.26 Å². The summed E-state index contributed by atoms with van der Waals surface area (Å²) in [5, 5.41) is 11.6. The van der Waals surface area contributed by atoms with E-state index in [1.54, 1.807) is 12.1 Å². The molecular weight excluding hydrogens is 511 g/mol. The second-order valence-corrected chi connectivity index (χ2v) is 9.92. The molecule has 0 radical (unpaired) electrons. The van der Waals surface area contributed by atoms with Crippen LogP contribution in [0, 0.1) is 11.3 Å². The fourth-order valence-electron chi connectivity index (χ4n) is 3.59. The van der Waals surface area contributed by atoms with Crippen LogP contribution in [0.2, 0.25) is 5.02 Å². The quantitative estimate of drug-likeness (QED) is 0.261. The van der Waals surface area contributed by atoms with Crippen LogP contribution < -0.4 is 10.2 Å². The number of hydrogen-bond donors (Lipinski definition) is 1. The Bertz CT molecular complexity index is 1250. The summed E-state index contributed by atoms with van der Waals surface area (Å²) in [7, 11) is 0. The molecule has 0 spiro atoms. The molecule has 5 nitrogen and oxygen atoms in total. The van der Waals surface area contributed by atoms with E-state index in [1.165, 1.54) is 11.0 Å². The normalized spacial score (nSPS) is 17.2. The molecule has 1 heterocycles. The maximum atomic E-state index is 13.5. The molecule has 0 saturated carbocycles. The lowest BCUT2D eigenvalue weighted by Gasteiger charge is -2.19. The van der Waals surface area contributed by atoms with E-state index in [4.69, 9.17) is 11.6 Å². The van der Waals surface area contributed by atoms with Crippen LogP contribution in [-0.2, 0) is 22.2 Å². The van der Waals surface area contributed by atoms with Gasteiger partial charge in [0.2, 0.25) is 5.91 Å². The van der Waals surface area contributed by atoms with Crippen LogP contribution in [0.25, 0.3) is 0 Å². The highest BCUT2D eigenvalue weighted by molar-refractivity contribution is 8.05. The average molecular weight is 534 g/mol. The zero-order chi connectivity index (χ0) is 26.6. The van der Waals surface area contributed by atoms with Crippen molar-refractivity contribution in [1.82, 2.24) is 5.32 Å². The standard InChI is InChI=1S/C26H23ClF3N3O2S/c1-4-11-32-23(34)20(14-31)25-33(19-8-5-16(6-9-19)15(2)3)24(35)22(36-25)13-17-12-18(26(28,29)30)7-10-21(17)27/h4-10,12,15,22H,1,11,13H2,2-3H3,(H,32,34)/b25-20-. The predicted octanol–water partition coefficient (Wildman–Crippen LogP) is 6.21. The summed E-state index contributed by atoms with van der Waals surface area (Å²) >= 11 is 7.12. The van der Waals surface area contributed by atoms with Crippen LogP contribution in [0.3, 0.4) is 0 Å². The first kappa shape index (κ1) is 27.4. The summed E-state index contributed by atoms with van der Waals surface area (Å²) in [6.45, 7) is 7.68. The van der Waals surface area contributed by atoms with E-state index in [2.05, 4.69) is 11.9 Å². The molecule has 1 N–H and O–H groups in total. The minimum Gasteiger partial charge on any atom is -0.348 e. The van der Waals surface area contributed by atoms with E-state index in [0.29, 0.717) is 5.69 Å². The number of nitriles is 1. The smallest absolute Gasteiger partial charge is 0.348 e. The van der Waals surface area contributed by atoms with Gasteiger partial charge in [0, 0.05) is 17.3 Å². The molecule has 1 aliphatic rings. The first-order chi connectivity index (χ1) is 17.0. The summed E-state index contributed by atoms with van der Waals surface area (Å²) in [4.78, 5) is 27.5. The Balaban J connectivity index is 2.06. The van der Waals surface area contributed by atoms with Gasteiger partial charge < -0.3 is 5.32 Å². The molecule has 2 amide bonds. The van der Waals surface area contributed by atoms with E-state index >= 15 is 0 Å². The monoisotopic (exact) mass is 533 g/mol. The highest BCUT2D eigenvalue weighted by Gasteiger charge is 2.41. The number of anilines is 1. The number of nitrogens with zero attached hydrogens (tertiary/aromatic N) is 2. The Labute approximate surface area is 216 Å². The second kappa shape index (κ2) is 11.2. The molecule has 3 rings (SSSR count). The highest BCUT2D eigenvalue weighted by atomic mass is 35.5. The van der Waals surface area contributed by atoms with Crippen molar-refractivity contribution in [2.24, 2.45) is 0 Å². The summed E-state index contributed by atoms with van der Waals surface area (Å²) in [5.74, 6) is -0.910. The van der Waals surface area contributed by atoms with Gasteiger partial charge in [-0.3, -0.25) is 14.5 Å². The van der Waals surface area contributed by atoms with Gasteiger partial charge in [0.15, 0.2) is 0 Å². The van der Waals surface area contributed by atoms with Crippen LogP contribution >= 0.6 is 23.4 Å². The fraction of sp³-hybridized carbons (Fsp3) is 0.269. The van der Waals surface area contributed by atoms with Crippen molar-refractivity contribution in [3.63, 3.8) is 0 Å². The van der Waals surface area contributed by atoms with Crippen LogP contribution in [0.15, 0.2) is 65.7 Å². The molecule has 0 aliphatic carbocycles. The zero-order valence-electron chi connectivity index (χ0n) is 19.5. The van der Waals surface area contributed by atoms with E-state index in [0.717, 1.165) is 35.5 Å². The molecule has 36 heavy (non-hydrogen) atoms. The summed E-state index contributed by atoms with van der Waals surface area (Å²) < 4.78 is 39.7. The molecule has 0 aromatic heterocycles. The van der Waals surface area contributed by atoms with Crippen molar-refractivity contribution in [3.05, 3.63) is 87.4 Å². The van der Waals surface area contributed by atoms with Gasteiger partial charge in [-0.2, -0.15) is 18.4 Å². The Morgan fingerprint density at radius 3 is 2.50 bits per heavy atom. The van der Waals surface area contributed by atoms with Crippen molar-refractivity contribution in [3.8, 4) is 6.07 Å². The van der Waals surface area contributed by atoms with Crippen LogP contribution in [0.4, 0.5) is 18.9 Å². The SMILES string of the molecule is C=CCNC(=O)/C(C#N)=C1\SC(Cc2cc(C(F)(F)F)ccc2Cl)C(=O)N1c1ccc(C(C)C)cc1. The molecule has 1 fully saturated rings. The number of carbonyl (C=O) groups is 2. The molecule has 2 aromatic rings. The Kier molecular flexibility index (Phi) is 8.54. The van der Waals surface area contributed by atoms with Crippen molar-refractivity contribution in [2.45, 2.75) is 37.6 Å². The second-order valence-electron chi connectivity index (χ2n) is 8.33. The highest BCUT2D eigenvalue weighted by Crippen LogP contribution is 2.43. The summed E-state index contributed by atoms with van der Waals surface area (Å²) in [6.07, 6.45) is -3.24. The number of thioether (sulfide) groups is 1. The number of amides is 2. The van der Waals surface area contributed by atoms with E-state index in [1.807, 2.05) is 32.0 Å². The average Bonchev–Trinajstić information content (AvgIpc) is 3.14. The predicted molar refractivity (Wildman–Crippen MR) is 135 cm³/mol. The maximum Gasteiger partial charge on any atom is 0.416 e. The van der Waals surface area contributed by atoms with Crippen molar-refractivity contribution in [2.75, 3.05) is 11.4 Å². The fourth-order valence-corrected chi connectivity index (χ4v) is 5.08. The number of alkyl halides is 3. The lowest BCUT2D eigenvalue weighted by molar-refractivity contribution is -0.137. The molecule has 1 atom stereocenters. The summed E-state index contributed by atoms with van der Waals surface area (Å²) in [5.41, 5.74) is 0.453. The molecule has 10 heteroatoms. The van der Waals surface area contributed by atoms with E-state index in [9.17, 15) is 28.0 Å². The zero-order valence-corrected chi connectivity index (χ0v) is 21.1. The molecule has 2 aromatic carbocycles. The molecule has 0 bridgehead atoms. The molecular formula is C26H23ClF3N3O2S. The third kappa shape index (κ3) is 5.94. The number of benzene rings is 2. The van der Waals surface area contributed by atoms with Crippen LogP contribution in [-0.4, -0.2) is 23.6 Å². The Hall–Kier alpha value is -3.22. The lowest BCUT2D eigenvalue weighted by atomic mass is 10.0. The van der Waals surface area contributed by atoms with Gasteiger partial charge in [-0.1, -0.05) is 55.4 Å². The van der Waals surface area contributed by atoms with Gasteiger partial charge in [-0.05, 0) is 53.8 Å². The summed E-state index contributed by atoms with van der Waals surface area (Å²) in [6, 6.07) is 11.9. The molecule has 1 aliphatic heterocycles. The third-order valence-corrected chi connectivity index (χ3v) is 7.14. The first-order valence-corrected chi connectivity index (χ1v) is 12.2. The lowest BCUT2D eigenvalue weighted by Crippen LogP contribution is -2.32. The Morgan fingerprint density at radius 1 is 1.28 bits per heavy atom. The minimum absolute atomic E-state index is 0.0888.